The number of hydrogen-bond donors (Lipinski definition) is 0. The summed E-state index contributed by atoms with van der Waals surface area (Å²) in [5, 5.41) is 0. The number of benzene rings is 1. The molecule has 1 aliphatic rings. The average Bonchev–Trinajstić information content (AvgIpc) is 2.54. The van der Waals surface area contributed by atoms with Crippen LogP contribution in [0.15, 0.2) is 53.8 Å². The number of nitrogens with zero attached hydrogens (tertiary/aromatic N) is 1. The van der Waals surface area contributed by atoms with Crippen LogP contribution in [0.5, 0.6) is 0 Å². The van der Waals surface area contributed by atoms with E-state index in [9.17, 15) is 9.59 Å². The zero-order valence-electron chi connectivity index (χ0n) is 12.0. The second-order valence-corrected chi connectivity index (χ2v) is 4.57. The van der Waals surface area contributed by atoms with E-state index in [1.54, 1.807) is 17.1 Å². The van der Waals surface area contributed by atoms with Crippen molar-refractivity contribution in [3.05, 3.63) is 59.3 Å². The molecule has 21 heavy (non-hydrogen) atoms. The highest BCUT2D eigenvalue weighted by molar-refractivity contribution is 5.93. The van der Waals surface area contributed by atoms with Crippen molar-refractivity contribution in [1.82, 2.24) is 4.90 Å². The molecule has 0 fully saturated rings. The molecular formula is C16H17NO4. The molecule has 0 unspecified atom stereocenters. The molecule has 0 aromatic heterocycles. The number of rotatable bonds is 4. The molecule has 0 saturated heterocycles. The smallest absolute Gasteiger partial charge is 0.354 e. The maximum Gasteiger partial charge on any atom is 0.354 e. The number of carbonyl (C=O) groups excluding carboxylic acids is 2. The SMILES string of the molecule is COC(=O)C1=CC=C(C(=O)OC)N(Cc2ccccc2)C1. The van der Waals surface area contributed by atoms with Gasteiger partial charge in [0.2, 0.25) is 0 Å². The first-order chi connectivity index (χ1) is 10.2. The molecule has 5 heteroatoms. The van der Waals surface area contributed by atoms with Crippen molar-refractivity contribution < 1.29 is 19.1 Å². The van der Waals surface area contributed by atoms with Gasteiger partial charge in [0.05, 0.1) is 26.3 Å². The van der Waals surface area contributed by atoms with Crippen LogP contribution in [0.3, 0.4) is 0 Å². The summed E-state index contributed by atoms with van der Waals surface area (Å²) in [6.07, 6.45) is 3.18. The minimum Gasteiger partial charge on any atom is -0.466 e. The van der Waals surface area contributed by atoms with Gasteiger partial charge in [-0.3, -0.25) is 0 Å². The Kier molecular flexibility index (Phi) is 4.77. The summed E-state index contributed by atoms with van der Waals surface area (Å²) in [4.78, 5) is 25.3. The molecule has 5 nitrogen and oxygen atoms in total. The van der Waals surface area contributed by atoms with Gasteiger partial charge >= 0.3 is 11.9 Å². The van der Waals surface area contributed by atoms with Crippen LogP contribution < -0.4 is 0 Å². The van der Waals surface area contributed by atoms with E-state index in [2.05, 4.69) is 0 Å². The third kappa shape index (κ3) is 3.51. The first kappa shape index (κ1) is 14.8. The maximum absolute atomic E-state index is 11.8. The quantitative estimate of drug-likeness (QED) is 0.788. The Hall–Kier alpha value is -2.56. The second-order valence-electron chi connectivity index (χ2n) is 4.57. The van der Waals surface area contributed by atoms with Crippen LogP contribution >= 0.6 is 0 Å². The fourth-order valence-electron chi connectivity index (χ4n) is 2.14. The molecule has 1 aliphatic heterocycles. The first-order valence-corrected chi connectivity index (χ1v) is 6.52. The highest BCUT2D eigenvalue weighted by atomic mass is 16.5. The van der Waals surface area contributed by atoms with Crippen molar-refractivity contribution in [3.8, 4) is 0 Å². The Bertz CT molecular complexity index is 590. The fourth-order valence-corrected chi connectivity index (χ4v) is 2.14. The lowest BCUT2D eigenvalue weighted by molar-refractivity contribution is -0.139. The van der Waals surface area contributed by atoms with E-state index >= 15 is 0 Å². The Morgan fingerprint density at radius 1 is 1.05 bits per heavy atom. The van der Waals surface area contributed by atoms with Crippen molar-refractivity contribution in [3.63, 3.8) is 0 Å². The van der Waals surface area contributed by atoms with Crippen LogP contribution in [0.25, 0.3) is 0 Å². The number of allylic oxidation sites excluding steroid dienone is 2. The van der Waals surface area contributed by atoms with Gasteiger partial charge in [-0.15, -0.1) is 0 Å². The molecule has 2 rings (SSSR count). The summed E-state index contributed by atoms with van der Waals surface area (Å²) in [5.41, 5.74) is 1.97. The number of ether oxygens (including phenoxy) is 2. The van der Waals surface area contributed by atoms with Gasteiger partial charge in [0.15, 0.2) is 0 Å². The first-order valence-electron chi connectivity index (χ1n) is 6.52. The van der Waals surface area contributed by atoms with Crippen LogP contribution in [0.4, 0.5) is 0 Å². The Morgan fingerprint density at radius 2 is 1.71 bits per heavy atom. The molecular weight excluding hydrogens is 270 g/mol. The van der Waals surface area contributed by atoms with E-state index in [0.717, 1.165) is 5.56 Å². The molecule has 0 spiro atoms. The van der Waals surface area contributed by atoms with Crippen LogP contribution in [0.2, 0.25) is 0 Å². The third-order valence-corrected chi connectivity index (χ3v) is 3.20. The number of esters is 2. The second kappa shape index (κ2) is 6.74. The van der Waals surface area contributed by atoms with E-state index in [-0.39, 0.29) is 0 Å². The van der Waals surface area contributed by atoms with Gasteiger partial charge in [-0.25, -0.2) is 9.59 Å². The normalized spacial score (nSPS) is 14.1. The van der Waals surface area contributed by atoms with E-state index < -0.39 is 11.9 Å². The minimum atomic E-state index is -0.425. The minimum absolute atomic E-state index is 0.308. The lowest BCUT2D eigenvalue weighted by Gasteiger charge is -2.28. The summed E-state index contributed by atoms with van der Waals surface area (Å²) >= 11 is 0. The molecule has 0 radical (unpaired) electrons. The van der Waals surface area contributed by atoms with Crippen LogP contribution in [-0.2, 0) is 25.6 Å². The summed E-state index contributed by atoms with van der Waals surface area (Å²) in [5.74, 6) is -0.820. The predicted molar refractivity (Wildman–Crippen MR) is 77.1 cm³/mol. The lowest BCUT2D eigenvalue weighted by Crippen LogP contribution is -2.33. The summed E-state index contributed by atoms with van der Waals surface area (Å²) in [6.45, 7) is 0.818. The van der Waals surface area contributed by atoms with Crippen molar-refractivity contribution in [1.29, 1.82) is 0 Å². The molecule has 1 aromatic rings. The van der Waals surface area contributed by atoms with Gasteiger partial charge in [0.25, 0.3) is 0 Å². The maximum atomic E-state index is 11.8. The third-order valence-electron chi connectivity index (χ3n) is 3.20. The molecule has 0 amide bonds. The molecule has 0 atom stereocenters. The highest BCUT2D eigenvalue weighted by Gasteiger charge is 2.25. The van der Waals surface area contributed by atoms with Crippen LogP contribution in [-0.4, -0.2) is 37.6 Å². The van der Waals surface area contributed by atoms with Gasteiger partial charge in [-0.1, -0.05) is 30.3 Å². The van der Waals surface area contributed by atoms with E-state index in [1.165, 1.54) is 14.2 Å². The molecule has 0 aliphatic carbocycles. The summed E-state index contributed by atoms with van der Waals surface area (Å²) in [7, 11) is 2.67. The van der Waals surface area contributed by atoms with Gasteiger partial charge in [-0.2, -0.15) is 0 Å². The predicted octanol–water partition coefficient (Wildman–Crippen LogP) is 1.66. The molecule has 110 valence electrons. The Morgan fingerprint density at radius 3 is 2.33 bits per heavy atom. The zero-order chi connectivity index (χ0) is 15.2. The molecule has 1 heterocycles. The number of methoxy groups -OCH3 is 2. The van der Waals surface area contributed by atoms with Crippen LogP contribution in [0, 0.1) is 0 Å². The largest absolute Gasteiger partial charge is 0.466 e. The number of hydrogen-bond acceptors (Lipinski definition) is 5. The fraction of sp³-hybridized carbons (Fsp3) is 0.250. The van der Waals surface area contributed by atoms with Crippen molar-refractivity contribution in [2.24, 2.45) is 0 Å². The highest BCUT2D eigenvalue weighted by Crippen LogP contribution is 2.20. The standard InChI is InChI=1S/C16H17NO4/c1-20-15(18)13-8-9-14(16(19)21-2)17(11-13)10-12-6-4-3-5-7-12/h3-9H,10-11H2,1-2H3. The Labute approximate surface area is 123 Å². The van der Waals surface area contributed by atoms with Crippen LogP contribution in [0.1, 0.15) is 5.56 Å². The monoisotopic (exact) mass is 287 g/mol. The molecule has 0 N–H and O–H groups in total. The van der Waals surface area contributed by atoms with Crippen molar-refractivity contribution >= 4 is 11.9 Å². The van der Waals surface area contributed by atoms with E-state index in [1.807, 2.05) is 30.3 Å². The van der Waals surface area contributed by atoms with Crippen molar-refractivity contribution in [2.45, 2.75) is 6.54 Å². The van der Waals surface area contributed by atoms with Gasteiger partial charge < -0.3 is 14.4 Å². The average molecular weight is 287 g/mol. The van der Waals surface area contributed by atoms with Gasteiger partial charge in [-0.05, 0) is 17.7 Å². The zero-order valence-corrected chi connectivity index (χ0v) is 12.0. The molecule has 1 aromatic carbocycles. The summed E-state index contributed by atoms with van der Waals surface area (Å²) < 4.78 is 9.52. The van der Waals surface area contributed by atoms with Gasteiger partial charge in [0, 0.05) is 6.54 Å². The van der Waals surface area contributed by atoms with Gasteiger partial charge in [0.1, 0.15) is 5.70 Å². The van der Waals surface area contributed by atoms with E-state index in [0.29, 0.717) is 24.4 Å². The van der Waals surface area contributed by atoms with E-state index in [4.69, 9.17) is 9.47 Å². The van der Waals surface area contributed by atoms with Crippen molar-refractivity contribution in [2.75, 3.05) is 20.8 Å². The summed E-state index contributed by atoms with van der Waals surface area (Å²) in [6, 6.07) is 9.71. The number of carbonyl (C=O) groups is 2. The molecule has 0 bridgehead atoms. The molecule has 0 saturated carbocycles. The lowest BCUT2D eigenvalue weighted by atomic mass is 10.1. The Balaban J connectivity index is 2.25. The topological polar surface area (TPSA) is 55.8 Å².